The van der Waals surface area contributed by atoms with Crippen LogP contribution in [0.2, 0.25) is 0 Å². The van der Waals surface area contributed by atoms with Gasteiger partial charge in [0.25, 0.3) is 0 Å². The lowest BCUT2D eigenvalue weighted by molar-refractivity contribution is 0.129. The Balaban J connectivity index is 2.79. The Hall–Kier alpha value is -1.40. The first-order valence-corrected chi connectivity index (χ1v) is 5.19. The molecule has 3 nitrogen and oxygen atoms in total. The molecule has 0 saturated carbocycles. The Labute approximate surface area is 90.4 Å². The molecule has 15 heavy (non-hydrogen) atoms. The van der Waals surface area contributed by atoms with E-state index in [0.717, 1.165) is 17.7 Å². The van der Waals surface area contributed by atoms with Gasteiger partial charge < -0.3 is 5.11 Å². The Kier molecular flexibility index (Phi) is 4.26. The van der Waals surface area contributed by atoms with E-state index in [9.17, 15) is 5.11 Å². The van der Waals surface area contributed by atoms with E-state index in [0.29, 0.717) is 6.42 Å². The molecule has 80 valence electrons. The lowest BCUT2D eigenvalue weighted by Crippen LogP contribution is -2.11. The van der Waals surface area contributed by atoms with E-state index in [1.807, 2.05) is 26.0 Å². The summed E-state index contributed by atoms with van der Waals surface area (Å²) in [5.74, 6) is -0.334. The Morgan fingerprint density at radius 2 is 2.27 bits per heavy atom. The molecule has 1 aromatic heterocycles. The molecule has 1 N–H and O–H groups in total. The largest absolute Gasteiger partial charge is 0.387 e. The highest BCUT2D eigenvalue weighted by Crippen LogP contribution is 2.24. The summed E-state index contributed by atoms with van der Waals surface area (Å²) in [6, 6.07) is 5.81. The third-order valence-electron chi connectivity index (χ3n) is 2.42. The summed E-state index contributed by atoms with van der Waals surface area (Å²) in [7, 11) is 0. The molecule has 0 aliphatic carbocycles. The maximum absolute atomic E-state index is 9.94. The van der Waals surface area contributed by atoms with Crippen molar-refractivity contribution in [2.24, 2.45) is 5.92 Å². The molecule has 0 spiro atoms. The summed E-state index contributed by atoms with van der Waals surface area (Å²) >= 11 is 0. The average molecular weight is 204 g/mol. The minimum Gasteiger partial charge on any atom is -0.387 e. The van der Waals surface area contributed by atoms with Crippen LogP contribution in [0.5, 0.6) is 0 Å². The van der Waals surface area contributed by atoms with Crippen molar-refractivity contribution in [2.75, 3.05) is 0 Å². The molecular formula is C12H16N2O. The minimum atomic E-state index is -0.719. The molecule has 0 radical (unpaired) electrons. The van der Waals surface area contributed by atoms with Gasteiger partial charge in [-0.05, 0) is 19.4 Å². The van der Waals surface area contributed by atoms with Gasteiger partial charge in [-0.15, -0.1) is 0 Å². The first kappa shape index (κ1) is 11.7. The molecule has 0 fully saturated rings. The first-order valence-electron chi connectivity index (χ1n) is 5.19. The number of nitriles is 1. The van der Waals surface area contributed by atoms with Gasteiger partial charge in [0.05, 0.1) is 18.1 Å². The van der Waals surface area contributed by atoms with Crippen molar-refractivity contribution in [1.29, 1.82) is 5.26 Å². The molecule has 0 bridgehead atoms. The predicted molar refractivity (Wildman–Crippen MR) is 57.9 cm³/mol. The van der Waals surface area contributed by atoms with E-state index in [-0.39, 0.29) is 5.92 Å². The van der Waals surface area contributed by atoms with Gasteiger partial charge in [-0.1, -0.05) is 19.4 Å². The highest BCUT2D eigenvalue weighted by Gasteiger charge is 2.19. The molecule has 1 aromatic rings. The number of pyridine rings is 1. The normalized spacial score (nSPS) is 14.3. The van der Waals surface area contributed by atoms with Crippen molar-refractivity contribution in [1.82, 2.24) is 4.98 Å². The van der Waals surface area contributed by atoms with Crippen molar-refractivity contribution >= 4 is 0 Å². The van der Waals surface area contributed by atoms with Crippen LogP contribution in [0.4, 0.5) is 0 Å². The Morgan fingerprint density at radius 3 is 2.73 bits per heavy atom. The molecule has 2 unspecified atom stereocenters. The fourth-order valence-corrected chi connectivity index (χ4v) is 1.49. The standard InChI is InChI=1S/C12H16N2O/c1-3-4-10(7-13)12(15)11-6-5-9(2)14-8-11/h5-6,8,10,12,15H,3-4H2,1-2H3. The lowest BCUT2D eigenvalue weighted by atomic mass is 9.94. The van der Waals surface area contributed by atoms with Crippen molar-refractivity contribution in [3.63, 3.8) is 0 Å². The Bertz CT molecular complexity index is 340. The molecule has 0 saturated heterocycles. The zero-order valence-electron chi connectivity index (χ0n) is 9.14. The maximum atomic E-state index is 9.94. The first-order chi connectivity index (χ1) is 7.19. The summed E-state index contributed by atoms with van der Waals surface area (Å²) in [6.07, 6.45) is 2.53. The average Bonchev–Trinajstić information content (AvgIpc) is 2.26. The number of nitrogens with zero attached hydrogens (tertiary/aromatic N) is 2. The monoisotopic (exact) mass is 204 g/mol. The zero-order chi connectivity index (χ0) is 11.3. The van der Waals surface area contributed by atoms with Gasteiger partial charge in [-0.3, -0.25) is 4.98 Å². The van der Waals surface area contributed by atoms with Crippen molar-refractivity contribution in [2.45, 2.75) is 32.8 Å². The second-order valence-electron chi connectivity index (χ2n) is 3.70. The van der Waals surface area contributed by atoms with Crippen LogP contribution in [-0.2, 0) is 0 Å². The molecule has 0 aliphatic rings. The summed E-state index contributed by atoms with van der Waals surface area (Å²) < 4.78 is 0. The molecule has 3 heteroatoms. The van der Waals surface area contributed by atoms with Gasteiger partial charge in [0.1, 0.15) is 0 Å². The smallest absolute Gasteiger partial charge is 0.0962 e. The van der Waals surface area contributed by atoms with Crippen molar-refractivity contribution in [3.05, 3.63) is 29.6 Å². The molecule has 1 rings (SSSR count). The predicted octanol–water partition coefficient (Wildman–Crippen LogP) is 2.36. The quantitative estimate of drug-likeness (QED) is 0.819. The second kappa shape index (κ2) is 5.47. The molecule has 1 heterocycles. The zero-order valence-corrected chi connectivity index (χ0v) is 9.14. The third kappa shape index (κ3) is 3.03. The third-order valence-corrected chi connectivity index (χ3v) is 2.42. The summed E-state index contributed by atoms with van der Waals surface area (Å²) in [4.78, 5) is 4.11. The van der Waals surface area contributed by atoms with E-state index in [1.165, 1.54) is 0 Å². The minimum absolute atomic E-state index is 0.334. The molecule has 2 atom stereocenters. The van der Waals surface area contributed by atoms with Gasteiger partial charge in [0, 0.05) is 17.5 Å². The number of hydrogen-bond acceptors (Lipinski definition) is 3. The van der Waals surface area contributed by atoms with Crippen molar-refractivity contribution < 1.29 is 5.11 Å². The number of rotatable bonds is 4. The fourth-order valence-electron chi connectivity index (χ4n) is 1.49. The van der Waals surface area contributed by atoms with E-state index >= 15 is 0 Å². The number of aliphatic hydroxyl groups excluding tert-OH is 1. The summed E-state index contributed by atoms with van der Waals surface area (Å²) in [5, 5.41) is 18.9. The van der Waals surface area contributed by atoms with Crippen molar-refractivity contribution in [3.8, 4) is 6.07 Å². The van der Waals surface area contributed by atoms with Crippen LogP contribution in [0.3, 0.4) is 0 Å². The fraction of sp³-hybridized carbons (Fsp3) is 0.500. The van der Waals surface area contributed by atoms with Crippen LogP contribution in [-0.4, -0.2) is 10.1 Å². The van der Waals surface area contributed by atoms with Gasteiger partial charge >= 0.3 is 0 Å². The molecule has 0 aliphatic heterocycles. The summed E-state index contributed by atoms with van der Waals surface area (Å²) in [5.41, 5.74) is 1.63. The van der Waals surface area contributed by atoms with Gasteiger partial charge in [-0.2, -0.15) is 5.26 Å². The summed E-state index contributed by atoms with van der Waals surface area (Å²) in [6.45, 7) is 3.90. The van der Waals surface area contributed by atoms with E-state index in [2.05, 4.69) is 11.1 Å². The number of aryl methyl sites for hydroxylation is 1. The van der Waals surface area contributed by atoms with Gasteiger partial charge in [-0.25, -0.2) is 0 Å². The lowest BCUT2D eigenvalue weighted by Gasteiger charge is -2.15. The van der Waals surface area contributed by atoms with Crippen LogP contribution in [0.15, 0.2) is 18.3 Å². The molecule has 0 aromatic carbocycles. The van der Waals surface area contributed by atoms with Crippen LogP contribution in [0.25, 0.3) is 0 Å². The topological polar surface area (TPSA) is 56.9 Å². The van der Waals surface area contributed by atoms with Gasteiger partial charge in [0.15, 0.2) is 0 Å². The molecule has 0 amide bonds. The highest BCUT2D eigenvalue weighted by molar-refractivity contribution is 5.18. The van der Waals surface area contributed by atoms with Crippen LogP contribution >= 0.6 is 0 Å². The number of hydrogen-bond donors (Lipinski definition) is 1. The van der Waals surface area contributed by atoms with Crippen LogP contribution in [0.1, 0.15) is 37.1 Å². The van der Waals surface area contributed by atoms with E-state index < -0.39 is 6.10 Å². The SMILES string of the molecule is CCCC(C#N)C(O)c1ccc(C)nc1. The van der Waals surface area contributed by atoms with E-state index in [4.69, 9.17) is 5.26 Å². The molecular weight excluding hydrogens is 188 g/mol. The Morgan fingerprint density at radius 1 is 1.53 bits per heavy atom. The second-order valence-corrected chi connectivity index (χ2v) is 3.70. The maximum Gasteiger partial charge on any atom is 0.0962 e. The number of aromatic nitrogens is 1. The highest BCUT2D eigenvalue weighted by atomic mass is 16.3. The van der Waals surface area contributed by atoms with Crippen LogP contribution < -0.4 is 0 Å². The van der Waals surface area contributed by atoms with E-state index in [1.54, 1.807) is 6.20 Å². The van der Waals surface area contributed by atoms with Gasteiger partial charge in [0.2, 0.25) is 0 Å². The van der Waals surface area contributed by atoms with Crippen LogP contribution in [0, 0.1) is 24.2 Å². The number of aliphatic hydroxyl groups is 1.